The summed E-state index contributed by atoms with van der Waals surface area (Å²) in [5, 5.41) is 12.7. The van der Waals surface area contributed by atoms with E-state index in [0.29, 0.717) is 5.56 Å². The highest BCUT2D eigenvalue weighted by atomic mass is 32.2. The quantitative estimate of drug-likeness (QED) is 0.378. The Labute approximate surface area is 210 Å². The third-order valence-electron chi connectivity index (χ3n) is 5.88. The van der Waals surface area contributed by atoms with Gasteiger partial charge in [0.2, 0.25) is 0 Å². The van der Waals surface area contributed by atoms with Crippen molar-refractivity contribution in [3.05, 3.63) is 95.6 Å². The van der Waals surface area contributed by atoms with Crippen molar-refractivity contribution in [1.29, 1.82) is 0 Å². The molecule has 0 spiro atoms. The molecule has 0 radical (unpaired) electrons. The van der Waals surface area contributed by atoms with Crippen LogP contribution in [0, 0.1) is 0 Å². The molecule has 6 nitrogen and oxygen atoms in total. The van der Waals surface area contributed by atoms with Gasteiger partial charge < -0.3 is 10.4 Å². The average molecular weight is 509 g/mol. The lowest BCUT2D eigenvalue weighted by Gasteiger charge is -2.16. The number of aryl methyl sites for hydroxylation is 2. The molecule has 1 aliphatic heterocycles. The van der Waals surface area contributed by atoms with Crippen molar-refractivity contribution >= 4 is 39.5 Å². The molecule has 2 N–H and O–H groups in total. The Hall–Kier alpha value is -3.10. The monoisotopic (exact) mass is 508 g/mol. The van der Waals surface area contributed by atoms with E-state index >= 15 is 0 Å². The van der Waals surface area contributed by atoms with Crippen LogP contribution in [0.1, 0.15) is 29.0 Å². The van der Waals surface area contributed by atoms with Gasteiger partial charge in [0.05, 0.1) is 17.1 Å². The summed E-state index contributed by atoms with van der Waals surface area (Å²) in [6.07, 6.45) is 3.30. The maximum Gasteiger partial charge on any atom is 0.303 e. The maximum absolute atomic E-state index is 13.1. The SMILES string of the molecule is O=C(O)CC(CS(=O)(=O)c1ccc(CCc2cccc(NC3N=CCS3)c2)cc1)c1ccccc1. The zero-order valence-corrected chi connectivity index (χ0v) is 20.8. The number of hydrogen-bond acceptors (Lipinski definition) is 6. The van der Waals surface area contributed by atoms with Gasteiger partial charge in [0.25, 0.3) is 0 Å². The van der Waals surface area contributed by atoms with Crippen LogP contribution >= 0.6 is 11.8 Å². The molecule has 35 heavy (non-hydrogen) atoms. The number of hydrogen-bond donors (Lipinski definition) is 2. The van der Waals surface area contributed by atoms with Gasteiger partial charge in [-0.25, -0.2) is 8.42 Å². The second-order valence-corrected chi connectivity index (χ2v) is 11.6. The summed E-state index contributed by atoms with van der Waals surface area (Å²) in [6.45, 7) is 0. The van der Waals surface area contributed by atoms with Gasteiger partial charge in [-0.2, -0.15) is 0 Å². The number of carboxylic acids is 1. The summed E-state index contributed by atoms with van der Waals surface area (Å²) in [6, 6.07) is 24.2. The fourth-order valence-corrected chi connectivity index (χ4v) is 6.41. The maximum atomic E-state index is 13.1. The Morgan fingerprint density at radius 3 is 2.43 bits per heavy atom. The van der Waals surface area contributed by atoms with E-state index in [2.05, 4.69) is 22.4 Å². The molecule has 182 valence electrons. The third kappa shape index (κ3) is 7.19. The summed E-state index contributed by atoms with van der Waals surface area (Å²) >= 11 is 1.75. The number of benzene rings is 3. The first kappa shape index (κ1) is 25.0. The molecule has 3 aromatic rings. The number of sulfone groups is 1. The van der Waals surface area contributed by atoms with Gasteiger partial charge in [0.15, 0.2) is 15.3 Å². The van der Waals surface area contributed by atoms with Crippen LogP contribution < -0.4 is 5.32 Å². The molecule has 1 aliphatic rings. The molecule has 0 fully saturated rings. The fourth-order valence-electron chi connectivity index (χ4n) is 4.08. The predicted molar refractivity (Wildman–Crippen MR) is 142 cm³/mol. The predicted octanol–water partition coefficient (Wildman–Crippen LogP) is 5.02. The van der Waals surface area contributed by atoms with Crippen LogP contribution in [0.25, 0.3) is 0 Å². The number of carbonyl (C=O) groups is 1. The minimum absolute atomic E-state index is 0.0664. The largest absolute Gasteiger partial charge is 0.481 e. The van der Waals surface area contributed by atoms with Gasteiger partial charge in [-0.3, -0.25) is 9.79 Å². The normalized spacial score (nSPS) is 16.2. The summed E-state index contributed by atoms with van der Waals surface area (Å²) in [4.78, 5) is 15.9. The smallest absolute Gasteiger partial charge is 0.303 e. The Balaban J connectivity index is 1.39. The Bertz CT molecular complexity index is 1280. The lowest BCUT2D eigenvalue weighted by molar-refractivity contribution is -0.137. The van der Waals surface area contributed by atoms with Crippen LogP contribution in [0.15, 0.2) is 88.8 Å². The fraction of sp³-hybridized carbons (Fsp3) is 0.259. The van der Waals surface area contributed by atoms with Crippen LogP contribution in [0.2, 0.25) is 0 Å². The van der Waals surface area contributed by atoms with E-state index in [0.717, 1.165) is 29.8 Å². The molecular weight excluding hydrogens is 480 g/mol. The van der Waals surface area contributed by atoms with E-state index in [1.54, 1.807) is 48.2 Å². The summed E-state index contributed by atoms with van der Waals surface area (Å²) in [7, 11) is -3.64. The van der Waals surface area contributed by atoms with Crippen LogP contribution in [-0.4, -0.2) is 42.7 Å². The molecule has 0 aliphatic carbocycles. The summed E-state index contributed by atoms with van der Waals surface area (Å²) in [5.74, 6) is -0.938. The van der Waals surface area contributed by atoms with E-state index in [9.17, 15) is 18.3 Å². The van der Waals surface area contributed by atoms with Crippen molar-refractivity contribution in [2.75, 3.05) is 16.8 Å². The van der Waals surface area contributed by atoms with Crippen LogP contribution in [0.4, 0.5) is 5.69 Å². The van der Waals surface area contributed by atoms with Crippen LogP contribution in [-0.2, 0) is 27.5 Å². The van der Waals surface area contributed by atoms with Crippen LogP contribution in [0.3, 0.4) is 0 Å². The van der Waals surface area contributed by atoms with Gasteiger partial charge in [-0.05, 0) is 53.8 Å². The van der Waals surface area contributed by atoms with Crippen molar-refractivity contribution in [3.8, 4) is 0 Å². The molecule has 0 aromatic heterocycles. The van der Waals surface area contributed by atoms with Crippen molar-refractivity contribution in [2.45, 2.75) is 35.6 Å². The Morgan fingerprint density at radius 2 is 1.74 bits per heavy atom. The van der Waals surface area contributed by atoms with Gasteiger partial charge >= 0.3 is 5.97 Å². The second kappa shape index (κ2) is 11.6. The number of thioether (sulfide) groups is 1. The average Bonchev–Trinajstić information content (AvgIpc) is 3.36. The number of aliphatic imine (C=N–C) groups is 1. The minimum Gasteiger partial charge on any atom is -0.481 e. The topological polar surface area (TPSA) is 95.8 Å². The van der Waals surface area contributed by atoms with E-state index in [4.69, 9.17) is 0 Å². The zero-order valence-electron chi connectivity index (χ0n) is 19.2. The first-order valence-electron chi connectivity index (χ1n) is 11.5. The molecule has 2 atom stereocenters. The highest BCUT2D eigenvalue weighted by Gasteiger charge is 2.24. The molecular formula is C27H28N2O4S2. The van der Waals surface area contributed by atoms with Gasteiger partial charge in [-0.15, -0.1) is 11.8 Å². The minimum atomic E-state index is -3.64. The van der Waals surface area contributed by atoms with E-state index < -0.39 is 21.7 Å². The van der Waals surface area contributed by atoms with Crippen molar-refractivity contribution < 1.29 is 18.3 Å². The van der Waals surface area contributed by atoms with Gasteiger partial charge in [0.1, 0.15) is 0 Å². The molecule has 3 aromatic carbocycles. The number of anilines is 1. The first-order valence-corrected chi connectivity index (χ1v) is 14.2. The number of nitrogens with zero attached hydrogens (tertiary/aromatic N) is 1. The molecule has 0 saturated carbocycles. The standard InChI is InChI=1S/C27H28N2O4S2/c30-26(31)18-23(22-6-2-1-3-7-22)19-35(32,33)25-13-11-20(12-14-25)9-10-21-5-4-8-24(17-21)29-27-28-15-16-34-27/h1-8,11-15,17,23,27,29H,9-10,16,18-19H2,(H,30,31). The van der Waals surface area contributed by atoms with E-state index in [-0.39, 0.29) is 22.6 Å². The highest BCUT2D eigenvalue weighted by molar-refractivity contribution is 8.00. The van der Waals surface area contributed by atoms with Crippen molar-refractivity contribution in [1.82, 2.24) is 0 Å². The second-order valence-electron chi connectivity index (χ2n) is 8.49. The summed E-state index contributed by atoms with van der Waals surface area (Å²) < 4.78 is 26.1. The van der Waals surface area contributed by atoms with Crippen molar-refractivity contribution in [2.24, 2.45) is 4.99 Å². The van der Waals surface area contributed by atoms with Gasteiger partial charge in [-0.1, -0.05) is 54.6 Å². The molecule has 8 heteroatoms. The zero-order chi connectivity index (χ0) is 24.7. The molecule has 4 rings (SSSR count). The third-order valence-corrected chi connectivity index (χ3v) is 8.61. The first-order chi connectivity index (χ1) is 16.9. The molecule has 1 heterocycles. The molecule has 0 bridgehead atoms. The molecule has 0 amide bonds. The number of carboxylic acid groups (broad SMARTS) is 1. The lowest BCUT2D eigenvalue weighted by atomic mass is 9.98. The van der Waals surface area contributed by atoms with E-state index in [1.807, 2.05) is 36.5 Å². The van der Waals surface area contributed by atoms with Crippen molar-refractivity contribution in [3.63, 3.8) is 0 Å². The number of rotatable bonds is 11. The highest BCUT2D eigenvalue weighted by Crippen LogP contribution is 2.26. The van der Waals surface area contributed by atoms with Crippen LogP contribution in [0.5, 0.6) is 0 Å². The lowest BCUT2D eigenvalue weighted by Crippen LogP contribution is -2.18. The Kier molecular flexibility index (Phi) is 8.25. The number of nitrogens with one attached hydrogen (secondary N) is 1. The summed E-state index contributed by atoms with van der Waals surface area (Å²) in [5.41, 5.74) is 4.05. The number of aliphatic carboxylic acids is 1. The van der Waals surface area contributed by atoms with E-state index in [1.165, 1.54) is 5.56 Å². The van der Waals surface area contributed by atoms with Gasteiger partial charge in [0, 0.05) is 23.6 Å². The Morgan fingerprint density at radius 1 is 1.00 bits per heavy atom. The molecule has 2 unspecified atom stereocenters. The molecule has 0 saturated heterocycles.